The molecule has 2 fully saturated rings. The van der Waals surface area contributed by atoms with Crippen molar-refractivity contribution in [3.05, 3.63) is 0 Å². The zero-order valence-corrected chi connectivity index (χ0v) is 15.7. The van der Waals surface area contributed by atoms with E-state index in [0.717, 1.165) is 65.2 Å². The fourth-order valence-electron chi connectivity index (χ4n) is 3.57. The van der Waals surface area contributed by atoms with Crippen LogP contribution in [0.3, 0.4) is 0 Å². The molecule has 2 aliphatic rings. The third kappa shape index (κ3) is 8.16. The molecule has 0 bridgehead atoms. The summed E-state index contributed by atoms with van der Waals surface area (Å²) in [5.74, 6) is 0.281. The van der Waals surface area contributed by atoms with Crippen LogP contribution in [0.25, 0.3) is 0 Å². The first-order valence-corrected chi connectivity index (χ1v) is 9.84. The predicted molar refractivity (Wildman–Crippen MR) is 99.4 cm³/mol. The van der Waals surface area contributed by atoms with Crippen molar-refractivity contribution >= 4 is 11.8 Å². The van der Waals surface area contributed by atoms with E-state index in [9.17, 15) is 9.59 Å². The van der Waals surface area contributed by atoms with Gasteiger partial charge in [-0.2, -0.15) is 0 Å². The fourth-order valence-corrected chi connectivity index (χ4v) is 3.57. The summed E-state index contributed by atoms with van der Waals surface area (Å²) in [4.78, 5) is 28.0. The largest absolute Gasteiger partial charge is 0.352 e. The number of rotatable bonds is 3. The fraction of sp³-hybridized carbons (Fsp3) is 0.889. The highest BCUT2D eigenvalue weighted by Crippen LogP contribution is 2.17. The molecule has 0 spiro atoms. The smallest absolute Gasteiger partial charge is 0.234 e. The summed E-state index contributed by atoms with van der Waals surface area (Å²) in [6, 6.07) is 0.377. The van der Waals surface area contributed by atoms with E-state index >= 15 is 0 Å². The molecule has 0 aromatic heterocycles. The van der Waals surface area contributed by atoms with Gasteiger partial charge in [-0.15, -0.1) is 0 Å². The second-order valence-corrected chi connectivity index (χ2v) is 7.18. The minimum absolute atomic E-state index is 0.127. The maximum absolute atomic E-state index is 12.3. The second kappa shape index (κ2) is 11.4. The molecule has 0 aromatic rings. The Hall–Kier alpha value is -1.18. The highest BCUT2D eigenvalue weighted by molar-refractivity contribution is 5.78. The summed E-state index contributed by atoms with van der Waals surface area (Å²) in [5, 5.41) is 9.98. The van der Waals surface area contributed by atoms with Crippen LogP contribution in [0.15, 0.2) is 0 Å². The van der Waals surface area contributed by atoms with Crippen LogP contribution in [0.4, 0.5) is 0 Å². The Morgan fingerprint density at radius 2 is 1.48 bits per heavy atom. The molecule has 25 heavy (non-hydrogen) atoms. The molecule has 1 aliphatic carbocycles. The summed E-state index contributed by atoms with van der Waals surface area (Å²) >= 11 is 0. The normalized spacial score (nSPS) is 22.7. The maximum Gasteiger partial charge on any atom is 0.234 e. The minimum atomic E-state index is 0.127. The molecular weight excluding hydrogens is 318 g/mol. The van der Waals surface area contributed by atoms with Gasteiger partial charge in [-0.05, 0) is 12.8 Å². The number of nitrogens with zero attached hydrogens (tertiary/aromatic N) is 2. The molecule has 0 atom stereocenters. The van der Waals surface area contributed by atoms with E-state index in [2.05, 4.69) is 20.9 Å². The first-order chi connectivity index (χ1) is 12.1. The number of hydrogen-bond acceptors (Lipinski definition) is 5. The summed E-state index contributed by atoms with van der Waals surface area (Å²) in [6.07, 6.45) is 6.03. The number of carbonyl (C=O) groups excluding carboxylic acids is 2. The van der Waals surface area contributed by atoms with Crippen LogP contribution in [-0.2, 0) is 9.59 Å². The van der Waals surface area contributed by atoms with Crippen molar-refractivity contribution < 1.29 is 9.59 Å². The first kappa shape index (κ1) is 20.1. The van der Waals surface area contributed by atoms with E-state index in [-0.39, 0.29) is 11.8 Å². The zero-order valence-electron chi connectivity index (χ0n) is 15.7. The van der Waals surface area contributed by atoms with Gasteiger partial charge in [0.2, 0.25) is 11.8 Å². The van der Waals surface area contributed by atoms with Gasteiger partial charge in [-0.25, -0.2) is 0 Å². The summed E-state index contributed by atoms with van der Waals surface area (Å²) in [6.45, 7) is 8.52. The van der Waals surface area contributed by atoms with E-state index in [1.54, 1.807) is 6.92 Å². The minimum Gasteiger partial charge on any atom is -0.352 e. The third-order valence-electron chi connectivity index (χ3n) is 5.11. The van der Waals surface area contributed by atoms with Gasteiger partial charge in [0.25, 0.3) is 0 Å². The molecule has 144 valence electrons. The van der Waals surface area contributed by atoms with Crippen molar-refractivity contribution in [3.63, 3.8) is 0 Å². The van der Waals surface area contributed by atoms with Crippen molar-refractivity contribution in [1.29, 1.82) is 0 Å². The lowest BCUT2D eigenvalue weighted by atomic mass is 9.95. The highest BCUT2D eigenvalue weighted by Gasteiger charge is 2.18. The maximum atomic E-state index is 12.3. The predicted octanol–water partition coefficient (Wildman–Crippen LogP) is -0.221. The quantitative estimate of drug-likeness (QED) is 0.654. The van der Waals surface area contributed by atoms with E-state index in [0.29, 0.717) is 12.6 Å². The van der Waals surface area contributed by atoms with E-state index < -0.39 is 0 Å². The van der Waals surface area contributed by atoms with Crippen molar-refractivity contribution in [2.45, 2.75) is 45.1 Å². The summed E-state index contributed by atoms with van der Waals surface area (Å²) in [7, 11) is 0. The van der Waals surface area contributed by atoms with Gasteiger partial charge in [0, 0.05) is 65.3 Å². The molecule has 1 saturated carbocycles. The van der Waals surface area contributed by atoms with E-state index in [4.69, 9.17) is 0 Å². The van der Waals surface area contributed by atoms with Crippen molar-refractivity contribution in [2.24, 2.45) is 0 Å². The molecule has 2 amide bonds. The van der Waals surface area contributed by atoms with Crippen LogP contribution in [0.2, 0.25) is 0 Å². The molecule has 0 aromatic carbocycles. The number of nitrogens with one attached hydrogen (secondary N) is 3. The monoisotopic (exact) mass is 353 g/mol. The Morgan fingerprint density at radius 3 is 2.04 bits per heavy atom. The standard InChI is InChI=1S/C18H35N5O2/c1-16(24)23-13-9-19-7-11-22(12-8-20-10-14-23)15-18(25)21-17-5-3-2-4-6-17/h17,19-20H,2-15H2,1H3,(H,21,25). The van der Waals surface area contributed by atoms with Gasteiger partial charge >= 0.3 is 0 Å². The number of carbonyl (C=O) groups is 2. The lowest BCUT2D eigenvalue weighted by Crippen LogP contribution is -2.48. The van der Waals surface area contributed by atoms with E-state index in [1.165, 1.54) is 19.3 Å². The summed E-state index contributed by atoms with van der Waals surface area (Å²) in [5.41, 5.74) is 0. The van der Waals surface area contributed by atoms with Crippen LogP contribution < -0.4 is 16.0 Å². The van der Waals surface area contributed by atoms with E-state index in [1.807, 2.05) is 4.90 Å². The average Bonchev–Trinajstić information content (AvgIpc) is 2.57. The van der Waals surface area contributed by atoms with Gasteiger partial charge < -0.3 is 20.9 Å². The molecule has 0 unspecified atom stereocenters. The lowest BCUT2D eigenvalue weighted by molar-refractivity contribution is -0.129. The van der Waals surface area contributed by atoms with Gasteiger partial charge in [0.1, 0.15) is 0 Å². The molecule has 7 nitrogen and oxygen atoms in total. The number of hydrogen-bond donors (Lipinski definition) is 3. The SMILES string of the molecule is CC(=O)N1CCNCCN(CC(=O)NC2CCCCC2)CCNCC1. The Kier molecular flexibility index (Phi) is 9.21. The highest BCUT2D eigenvalue weighted by atomic mass is 16.2. The molecule has 1 saturated heterocycles. The molecule has 1 aliphatic heterocycles. The summed E-state index contributed by atoms with van der Waals surface area (Å²) < 4.78 is 0. The Bertz CT molecular complexity index is 398. The van der Waals surface area contributed by atoms with Crippen molar-refractivity contribution in [2.75, 3.05) is 58.9 Å². The van der Waals surface area contributed by atoms with Gasteiger partial charge in [0.05, 0.1) is 6.54 Å². The van der Waals surface area contributed by atoms with Crippen LogP contribution in [-0.4, -0.2) is 86.6 Å². The zero-order chi connectivity index (χ0) is 17.9. The third-order valence-corrected chi connectivity index (χ3v) is 5.11. The van der Waals surface area contributed by atoms with Crippen LogP contribution in [0, 0.1) is 0 Å². The topological polar surface area (TPSA) is 76.7 Å². The van der Waals surface area contributed by atoms with Gasteiger partial charge in [-0.3, -0.25) is 14.5 Å². The van der Waals surface area contributed by atoms with Gasteiger partial charge in [0.15, 0.2) is 0 Å². The van der Waals surface area contributed by atoms with Gasteiger partial charge in [-0.1, -0.05) is 19.3 Å². The molecule has 0 radical (unpaired) electrons. The first-order valence-electron chi connectivity index (χ1n) is 9.84. The van der Waals surface area contributed by atoms with Crippen molar-refractivity contribution in [1.82, 2.24) is 25.8 Å². The molecule has 1 heterocycles. The molecule has 3 N–H and O–H groups in total. The van der Waals surface area contributed by atoms with Crippen LogP contribution in [0.5, 0.6) is 0 Å². The van der Waals surface area contributed by atoms with Crippen molar-refractivity contribution in [3.8, 4) is 0 Å². The van der Waals surface area contributed by atoms with Crippen LogP contribution >= 0.6 is 0 Å². The molecule has 2 rings (SSSR count). The molecule has 7 heteroatoms. The molecular formula is C18H35N5O2. The number of amides is 2. The lowest BCUT2D eigenvalue weighted by Gasteiger charge is -2.27. The Morgan fingerprint density at radius 1 is 0.920 bits per heavy atom. The van der Waals surface area contributed by atoms with Crippen LogP contribution in [0.1, 0.15) is 39.0 Å². The Balaban J connectivity index is 1.73. The average molecular weight is 354 g/mol. The Labute approximate surface area is 151 Å². The second-order valence-electron chi connectivity index (χ2n) is 7.18.